The molecule has 1 aliphatic carbocycles. The molecule has 1 atom stereocenters. The van der Waals surface area contributed by atoms with Gasteiger partial charge in [0, 0.05) is 31.6 Å². The van der Waals surface area contributed by atoms with E-state index in [1.54, 1.807) is 23.1 Å². The Morgan fingerprint density at radius 1 is 1.11 bits per heavy atom. The van der Waals surface area contributed by atoms with E-state index in [0.29, 0.717) is 56.7 Å². The molecule has 11 heteroatoms. The molecular weight excluding hydrogens is 497 g/mol. The van der Waals surface area contributed by atoms with Crippen LogP contribution in [0.1, 0.15) is 51.1 Å². The molecule has 0 bridgehead atoms. The number of amides is 3. The monoisotopic (exact) mass is 531 g/mol. The number of benzene rings is 2. The third kappa shape index (κ3) is 6.40. The van der Waals surface area contributed by atoms with Gasteiger partial charge in [-0.25, -0.2) is 22.3 Å². The van der Waals surface area contributed by atoms with Gasteiger partial charge in [-0.3, -0.25) is 9.69 Å². The van der Waals surface area contributed by atoms with Crippen molar-refractivity contribution in [3.05, 3.63) is 53.8 Å². The maximum absolute atomic E-state index is 13.2. The van der Waals surface area contributed by atoms with Gasteiger partial charge in [-0.15, -0.1) is 0 Å². The van der Waals surface area contributed by atoms with Gasteiger partial charge in [-0.1, -0.05) is 12.1 Å². The molecule has 1 fully saturated rings. The Morgan fingerprint density at radius 3 is 2.49 bits per heavy atom. The molecule has 4 N–H and O–H groups in total. The molecule has 9 nitrogen and oxygen atoms in total. The summed E-state index contributed by atoms with van der Waals surface area (Å²) >= 11 is 0. The van der Waals surface area contributed by atoms with Crippen LogP contribution in [0.15, 0.2) is 47.4 Å². The van der Waals surface area contributed by atoms with E-state index in [9.17, 15) is 22.4 Å². The molecule has 1 heterocycles. The Morgan fingerprint density at radius 2 is 1.81 bits per heavy atom. The fourth-order valence-corrected chi connectivity index (χ4v) is 6.18. The lowest BCUT2D eigenvalue weighted by Crippen LogP contribution is -2.45. The zero-order valence-corrected chi connectivity index (χ0v) is 21.9. The van der Waals surface area contributed by atoms with Gasteiger partial charge >= 0.3 is 6.03 Å². The van der Waals surface area contributed by atoms with Crippen LogP contribution in [-0.2, 0) is 14.8 Å². The average molecular weight is 532 g/mol. The SMILES string of the molecule is CCNC(=O)N1CCNc2ccc(S(=O)(=O)N[C@H]3CC[C@H](C(=O)N[C@H](C)c4ccc(F)cc4)CC3)cc21. The number of carbonyl (C=O) groups is 2. The van der Waals surface area contributed by atoms with Gasteiger partial charge in [-0.05, 0) is 75.4 Å². The number of hydrogen-bond acceptors (Lipinski definition) is 5. The Labute approximate surface area is 217 Å². The summed E-state index contributed by atoms with van der Waals surface area (Å²) in [6.45, 7) is 5.17. The van der Waals surface area contributed by atoms with Crippen molar-refractivity contribution in [2.75, 3.05) is 29.9 Å². The van der Waals surface area contributed by atoms with E-state index >= 15 is 0 Å². The smallest absolute Gasteiger partial charge is 0.321 e. The van der Waals surface area contributed by atoms with Crippen molar-refractivity contribution in [3.8, 4) is 0 Å². The van der Waals surface area contributed by atoms with Crippen LogP contribution in [0.5, 0.6) is 0 Å². The zero-order valence-electron chi connectivity index (χ0n) is 21.1. The molecule has 2 aliphatic rings. The molecule has 1 saturated carbocycles. The summed E-state index contributed by atoms with van der Waals surface area (Å²) in [5.41, 5.74) is 2.05. The van der Waals surface area contributed by atoms with Crippen LogP contribution in [0, 0.1) is 11.7 Å². The number of anilines is 2. The summed E-state index contributed by atoms with van der Waals surface area (Å²) in [7, 11) is -3.82. The molecule has 1 aliphatic heterocycles. The first-order chi connectivity index (χ1) is 17.7. The van der Waals surface area contributed by atoms with Crippen LogP contribution in [0.3, 0.4) is 0 Å². The van der Waals surface area contributed by atoms with E-state index in [2.05, 4.69) is 20.7 Å². The van der Waals surface area contributed by atoms with Gasteiger partial charge in [0.15, 0.2) is 0 Å². The molecule has 2 aromatic carbocycles. The number of nitrogens with zero attached hydrogens (tertiary/aromatic N) is 1. The Kier molecular flexibility index (Phi) is 8.33. The van der Waals surface area contributed by atoms with Crippen LogP contribution >= 0.6 is 0 Å². The van der Waals surface area contributed by atoms with E-state index in [1.165, 1.54) is 24.3 Å². The predicted molar refractivity (Wildman–Crippen MR) is 140 cm³/mol. The Bertz CT molecular complexity index is 1230. The van der Waals surface area contributed by atoms with Crippen LogP contribution in [0.4, 0.5) is 20.6 Å². The summed E-state index contributed by atoms with van der Waals surface area (Å²) in [6, 6.07) is 9.98. The summed E-state index contributed by atoms with van der Waals surface area (Å²) in [5.74, 6) is -0.607. The van der Waals surface area contributed by atoms with Crippen LogP contribution in [0.2, 0.25) is 0 Å². The second-order valence-corrected chi connectivity index (χ2v) is 11.3. The number of rotatable bonds is 7. The Balaban J connectivity index is 1.35. The molecule has 0 radical (unpaired) electrons. The first kappa shape index (κ1) is 26.9. The highest BCUT2D eigenvalue weighted by Gasteiger charge is 2.31. The van der Waals surface area contributed by atoms with Gasteiger partial charge in [0.25, 0.3) is 0 Å². The van der Waals surface area contributed by atoms with Crippen molar-refractivity contribution in [1.29, 1.82) is 0 Å². The molecule has 37 heavy (non-hydrogen) atoms. The van der Waals surface area contributed by atoms with E-state index < -0.39 is 10.0 Å². The quantitative estimate of drug-likeness (QED) is 0.436. The molecule has 0 saturated heterocycles. The maximum Gasteiger partial charge on any atom is 0.321 e. The number of halogens is 1. The fraction of sp³-hybridized carbons (Fsp3) is 0.462. The standard InChI is InChI=1S/C26H34FN5O4S/c1-3-28-26(34)32-15-14-29-23-13-12-22(16-24(23)32)37(35,36)31-21-10-6-19(7-11-21)25(33)30-17(2)18-4-8-20(27)9-5-18/h4-5,8-9,12-13,16-17,19,21,29,31H,3,6-7,10-11,14-15H2,1-2H3,(H,28,34)(H,30,33)/t17-,19-,21-/m1/s1. The van der Waals surface area contributed by atoms with Crippen molar-refractivity contribution in [2.45, 2.75) is 56.5 Å². The van der Waals surface area contributed by atoms with E-state index in [-0.39, 0.29) is 40.7 Å². The van der Waals surface area contributed by atoms with Gasteiger partial charge < -0.3 is 16.0 Å². The number of sulfonamides is 1. The highest BCUT2D eigenvalue weighted by atomic mass is 32.2. The number of urea groups is 1. The molecular formula is C26H34FN5O4S. The number of nitrogens with one attached hydrogen (secondary N) is 4. The normalized spacial score (nSPS) is 20.4. The number of carbonyl (C=O) groups excluding carboxylic acids is 2. The molecule has 200 valence electrons. The van der Waals surface area contributed by atoms with Crippen molar-refractivity contribution in [3.63, 3.8) is 0 Å². The third-order valence-corrected chi connectivity index (χ3v) is 8.46. The van der Waals surface area contributed by atoms with Crippen molar-refractivity contribution >= 4 is 33.3 Å². The molecule has 3 amide bonds. The molecule has 0 spiro atoms. The van der Waals surface area contributed by atoms with E-state index in [1.807, 2.05) is 13.8 Å². The lowest BCUT2D eigenvalue weighted by molar-refractivity contribution is -0.126. The topological polar surface area (TPSA) is 120 Å². The molecule has 2 aromatic rings. The molecule has 4 rings (SSSR count). The summed E-state index contributed by atoms with van der Waals surface area (Å²) in [6.07, 6.45) is 2.21. The minimum atomic E-state index is -3.82. The second-order valence-electron chi connectivity index (χ2n) is 9.54. The number of hydrogen-bond donors (Lipinski definition) is 4. The van der Waals surface area contributed by atoms with Crippen molar-refractivity contribution in [2.24, 2.45) is 5.92 Å². The zero-order chi connectivity index (χ0) is 26.6. The lowest BCUT2D eigenvalue weighted by atomic mass is 9.85. The first-order valence-electron chi connectivity index (χ1n) is 12.7. The van der Waals surface area contributed by atoms with Gasteiger partial charge in [0.2, 0.25) is 15.9 Å². The average Bonchev–Trinajstić information content (AvgIpc) is 2.88. The molecule has 0 unspecified atom stereocenters. The van der Waals surface area contributed by atoms with Crippen molar-refractivity contribution in [1.82, 2.24) is 15.4 Å². The van der Waals surface area contributed by atoms with Gasteiger partial charge in [0.05, 0.1) is 22.3 Å². The van der Waals surface area contributed by atoms with E-state index in [0.717, 1.165) is 5.56 Å². The minimum Gasteiger partial charge on any atom is -0.382 e. The van der Waals surface area contributed by atoms with Crippen molar-refractivity contribution < 1.29 is 22.4 Å². The summed E-state index contributed by atoms with van der Waals surface area (Å²) < 4.78 is 42.3. The highest BCUT2D eigenvalue weighted by Crippen LogP contribution is 2.32. The predicted octanol–water partition coefficient (Wildman–Crippen LogP) is 3.50. The summed E-state index contributed by atoms with van der Waals surface area (Å²) in [4.78, 5) is 26.9. The lowest BCUT2D eigenvalue weighted by Gasteiger charge is -2.31. The highest BCUT2D eigenvalue weighted by molar-refractivity contribution is 7.89. The largest absolute Gasteiger partial charge is 0.382 e. The van der Waals surface area contributed by atoms with E-state index in [4.69, 9.17) is 0 Å². The Hall–Kier alpha value is -3.18. The van der Waals surface area contributed by atoms with Gasteiger partial charge in [0.1, 0.15) is 5.82 Å². The molecule has 0 aromatic heterocycles. The maximum atomic E-state index is 13.2. The minimum absolute atomic E-state index is 0.0780. The van der Waals surface area contributed by atoms with Crippen LogP contribution in [-0.4, -0.2) is 46.0 Å². The van der Waals surface area contributed by atoms with Crippen LogP contribution in [0.25, 0.3) is 0 Å². The first-order valence-corrected chi connectivity index (χ1v) is 14.2. The van der Waals surface area contributed by atoms with Crippen LogP contribution < -0.4 is 25.6 Å². The third-order valence-electron chi connectivity index (χ3n) is 6.94. The van der Waals surface area contributed by atoms with Gasteiger partial charge in [-0.2, -0.15) is 0 Å². The number of fused-ring (bicyclic) bond motifs is 1. The summed E-state index contributed by atoms with van der Waals surface area (Å²) in [5, 5.41) is 8.94. The fourth-order valence-electron chi connectivity index (χ4n) is 4.86. The second kappa shape index (κ2) is 11.5.